The van der Waals surface area contributed by atoms with Crippen LogP contribution in [0.1, 0.15) is 40.6 Å². The van der Waals surface area contributed by atoms with Crippen LogP contribution in [0.15, 0.2) is 42.5 Å². The number of carbonyl (C=O) groups is 1. The summed E-state index contributed by atoms with van der Waals surface area (Å²) in [5.41, 5.74) is 1.82. The highest BCUT2D eigenvalue weighted by atomic mass is 32.1. The van der Waals surface area contributed by atoms with Gasteiger partial charge in [-0.15, -0.1) is 11.3 Å². The second-order valence-corrected chi connectivity index (χ2v) is 8.50. The zero-order valence-electron chi connectivity index (χ0n) is 17.1. The molecule has 1 aromatic heterocycles. The quantitative estimate of drug-likeness (QED) is 0.472. The molecule has 1 saturated heterocycles. The minimum Gasteiger partial charge on any atom is -0.494 e. The van der Waals surface area contributed by atoms with Crippen molar-refractivity contribution in [2.24, 2.45) is 0 Å². The normalized spacial score (nSPS) is 14.4. The summed E-state index contributed by atoms with van der Waals surface area (Å²) in [6.07, 6.45) is 2.53. The minimum absolute atomic E-state index is 0.00285. The molecule has 152 valence electrons. The zero-order chi connectivity index (χ0) is 20.2. The molecule has 0 aliphatic carbocycles. The fourth-order valence-corrected chi connectivity index (χ4v) is 4.85. The first-order valence-electron chi connectivity index (χ1n) is 10.3. The molecule has 3 aromatic rings. The second-order valence-electron chi connectivity index (χ2n) is 7.44. The van der Waals surface area contributed by atoms with Gasteiger partial charge in [-0.25, -0.2) is 0 Å². The van der Waals surface area contributed by atoms with E-state index in [0.717, 1.165) is 41.2 Å². The zero-order valence-corrected chi connectivity index (χ0v) is 17.9. The Labute approximate surface area is 176 Å². The van der Waals surface area contributed by atoms with Crippen LogP contribution in [-0.2, 0) is 0 Å². The average Bonchev–Trinajstić information content (AvgIpc) is 3.36. The number of ketones is 1. The van der Waals surface area contributed by atoms with Gasteiger partial charge in [-0.05, 0) is 76.2 Å². The van der Waals surface area contributed by atoms with Gasteiger partial charge in [-0.2, -0.15) is 0 Å². The lowest BCUT2D eigenvalue weighted by molar-refractivity contribution is 0.103. The Morgan fingerprint density at radius 1 is 1.07 bits per heavy atom. The highest BCUT2D eigenvalue weighted by molar-refractivity contribution is 7.21. The maximum Gasteiger partial charge on any atom is 0.206 e. The summed E-state index contributed by atoms with van der Waals surface area (Å²) in [4.78, 5) is 16.4. The van der Waals surface area contributed by atoms with Crippen molar-refractivity contribution in [3.8, 4) is 11.5 Å². The number of nitrogens with zero attached hydrogens (tertiary/aromatic N) is 1. The van der Waals surface area contributed by atoms with Gasteiger partial charge in [0.05, 0.1) is 6.61 Å². The first-order valence-corrected chi connectivity index (χ1v) is 11.1. The lowest BCUT2D eigenvalue weighted by atomic mass is 10.1. The van der Waals surface area contributed by atoms with E-state index in [9.17, 15) is 4.79 Å². The Morgan fingerprint density at radius 3 is 2.55 bits per heavy atom. The van der Waals surface area contributed by atoms with Crippen LogP contribution in [0.2, 0.25) is 0 Å². The van der Waals surface area contributed by atoms with Crippen LogP contribution >= 0.6 is 11.3 Å². The van der Waals surface area contributed by atoms with Crippen LogP contribution in [0.4, 0.5) is 0 Å². The van der Waals surface area contributed by atoms with Gasteiger partial charge < -0.3 is 9.47 Å². The maximum atomic E-state index is 13.3. The largest absolute Gasteiger partial charge is 0.494 e. The molecular weight excluding hydrogens is 382 g/mol. The van der Waals surface area contributed by atoms with Crippen LogP contribution in [0, 0.1) is 6.92 Å². The number of carbonyl (C=O) groups excluding carboxylic acids is 1. The lowest BCUT2D eigenvalue weighted by Gasteiger charge is -2.15. The molecule has 2 aromatic carbocycles. The van der Waals surface area contributed by atoms with E-state index in [2.05, 4.69) is 30.0 Å². The molecule has 0 spiro atoms. The van der Waals surface area contributed by atoms with Gasteiger partial charge in [0.1, 0.15) is 23.0 Å². The number of ether oxygens (including phenoxy) is 2. The number of likely N-dealkylation sites (tertiary alicyclic amines) is 1. The maximum absolute atomic E-state index is 13.3. The van der Waals surface area contributed by atoms with Gasteiger partial charge in [0, 0.05) is 22.2 Å². The molecule has 0 bridgehead atoms. The van der Waals surface area contributed by atoms with E-state index in [1.54, 1.807) is 0 Å². The van der Waals surface area contributed by atoms with E-state index in [1.165, 1.54) is 29.7 Å². The van der Waals surface area contributed by atoms with Crippen molar-refractivity contribution in [3.63, 3.8) is 0 Å². The van der Waals surface area contributed by atoms with Gasteiger partial charge in [-0.3, -0.25) is 9.69 Å². The fraction of sp³-hybridized carbons (Fsp3) is 0.375. The van der Waals surface area contributed by atoms with Crippen molar-refractivity contribution >= 4 is 27.2 Å². The Hall–Kier alpha value is -2.37. The van der Waals surface area contributed by atoms with E-state index in [-0.39, 0.29) is 5.78 Å². The van der Waals surface area contributed by atoms with E-state index in [1.807, 2.05) is 31.2 Å². The molecule has 29 heavy (non-hydrogen) atoms. The Balaban J connectivity index is 1.62. The Kier molecular flexibility index (Phi) is 6.16. The van der Waals surface area contributed by atoms with E-state index in [0.29, 0.717) is 23.7 Å². The molecule has 0 amide bonds. The predicted molar refractivity (Wildman–Crippen MR) is 119 cm³/mol. The number of thiophene rings is 1. The molecule has 1 fully saturated rings. The molecule has 4 nitrogen and oxygen atoms in total. The molecular formula is C24H27NO3S. The van der Waals surface area contributed by atoms with Crippen LogP contribution in [0.3, 0.4) is 0 Å². The van der Waals surface area contributed by atoms with Gasteiger partial charge >= 0.3 is 0 Å². The summed E-state index contributed by atoms with van der Waals surface area (Å²) in [5.74, 6) is 1.51. The van der Waals surface area contributed by atoms with Crippen molar-refractivity contribution in [2.45, 2.75) is 26.7 Å². The molecule has 0 N–H and O–H groups in total. The van der Waals surface area contributed by atoms with Gasteiger partial charge in [0.25, 0.3) is 0 Å². The van der Waals surface area contributed by atoms with Crippen molar-refractivity contribution in [3.05, 3.63) is 58.5 Å². The monoisotopic (exact) mass is 409 g/mol. The third-order valence-electron chi connectivity index (χ3n) is 5.28. The Bertz CT molecular complexity index is 987. The third-order valence-corrected chi connectivity index (χ3v) is 6.44. The molecule has 0 unspecified atom stereocenters. The number of hydrogen-bond acceptors (Lipinski definition) is 5. The van der Waals surface area contributed by atoms with Crippen LogP contribution < -0.4 is 9.47 Å². The summed E-state index contributed by atoms with van der Waals surface area (Å²) in [5, 5.41) is 1.03. The van der Waals surface area contributed by atoms with Crippen molar-refractivity contribution < 1.29 is 14.3 Å². The summed E-state index contributed by atoms with van der Waals surface area (Å²) < 4.78 is 12.8. The highest BCUT2D eigenvalue weighted by Gasteiger charge is 2.22. The number of hydrogen-bond donors (Lipinski definition) is 0. The summed E-state index contributed by atoms with van der Waals surface area (Å²) in [6, 6.07) is 13.6. The van der Waals surface area contributed by atoms with Crippen LogP contribution in [0.5, 0.6) is 11.5 Å². The van der Waals surface area contributed by atoms with Crippen LogP contribution in [0.25, 0.3) is 10.1 Å². The third kappa shape index (κ3) is 4.46. The minimum atomic E-state index is 0.00285. The van der Waals surface area contributed by atoms with Crippen molar-refractivity contribution in [1.29, 1.82) is 0 Å². The standard InChI is InChI=1S/C24H27NO3S/c1-3-27-19-9-7-18(8-10-19)22(26)24-23(28-15-14-25-12-4-5-13-25)20-16-17(2)6-11-21(20)29-24/h6-11,16H,3-5,12-15H2,1-2H3. The van der Waals surface area contributed by atoms with Crippen molar-refractivity contribution in [1.82, 2.24) is 4.90 Å². The van der Waals surface area contributed by atoms with Crippen molar-refractivity contribution in [2.75, 3.05) is 32.8 Å². The molecule has 1 aliphatic heterocycles. The first kappa shape index (κ1) is 19.9. The van der Waals surface area contributed by atoms with Gasteiger partial charge in [0.2, 0.25) is 5.78 Å². The predicted octanol–water partition coefficient (Wildman–Crippen LogP) is 5.31. The molecule has 4 rings (SSSR count). The molecule has 0 atom stereocenters. The molecule has 5 heteroatoms. The number of benzene rings is 2. The Morgan fingerprint density at radius 2 is 1.83 bits per heavy atom. The SMILES string of the molecule is CCOc1ccc(C(=O)c2sc3ccc(C)cc3c2OCCN2CCCC2)cc1. The highest BCUT2D eigenvalue weighted by Crippen LogP contribution is 2.39. The summed E-state index contributed by atoms with van der Waals surface area (Å²) in [7, 11) is 0. The average molecular weight is 410 g/mol. The fourth-order valence-electron chi connectivity index (χ4n) is 3.76. The molecule has 0 saturated carbocycles. The van der Waals surface area contributed by atoms with Gasteiger partial charge in [0.15, 0.2) is 0 Å². The van der Waals surface area contributed by atoms with E-state index in [4.69, 9.17) is 9.47 Å². The van der Waals surface area contributed by atoms with Crippen LogP contribution in [-0.4, -0.2) is 43.5 Å². The summed E-state index contributed by atoms with van der Waals surface area (Å²) in [6.45, 7) is 8.42. The number of aryl methyl sites for hydroxylation is 1. The number of fused-ring (bicyclic) bond motifs is 1. The van der Waals surface area contributed by atoms with Gasteiger partial charge in [-0.1, -0.05) is 11.6 Å². The topological polar surface area (TPSA) is 38.8 Å². The molecule has 0 radical (unpaired) electrons. The first-order chi connectivity index (χ1) is 14.2. The lowest BCUT2D eigenvalue weighted by Crippen LogP contribution is -2.25. The summed E-state index contributed by atoms with van der Waals surface area (Å²) >= 11 is 1.51. The van der Waals surface area contributed by atoms with E-state index < -0.39 is 0 Å². The molecule has 1 aliphatic rings. The number of rotatable bonds is 8. The smallest absolute Gasteiger partial charge is 0.206 e. The van der Waals surface area contributed by atoms with E-state index >= 15 is 0 Å². The molecule has 2 heterocycles. The second kappa shape index (κ2) is 8.97.